The van der Waals surface area contributed by atoms with Gasteiger partial charge in [-0.2, -0.15) is 0 Å². The number of hydrogen-bond donors (Lipinski definition) is 0. The standard InChI is InChI=1S/C14H15NO3/c16-12-3-1-2-11-10(12)6-7-14(18)15(11)8-13(17)9-4-5-9/h6-7,9H,1-5,8H2. The van der Waals surface area contributed by atoms with Gasteiger partial charge in [0.15, 0.2) is 11.6 Å². The van der Waals surface area contributed by atoms with E-state index in [-0.39, 0.29) is 29.6 Å². The predicted molar refractivity (Wildman–Crippen MR) is 65.7 cm³/mol. The molecule has 1 fully saturated rings. The van der Waals surface area contributed by atoms with Gasteiger partial charge in [0.2, 0.25) is 0 Å². The lowest BCUT2D eigenvalue weighted by Gasteiger charge is -2.19. The van der Waals surface area contributed by atoms with E-state index in [1.807, 2.05) is 0 Å². The average Bonchev–Trinajstić information content (AvgIpc) is 3.17. The second kappa shape index (κ2) is 4.19. The number of carbonyl (C=O) groups excluding carboxylic acids is 2. The molecule has 0 amide bonds. The number of rotatable bonds is 3. The van der Waals surface area contributed by atoms with Crippen LogP contribution in [0.2, 0.25) is 0 Å². The van der Waals surface area contributed by atoms with Gasteiger partial charge in [0, 0.05) is 29.7 Å². The fraction of sp³-hybridized carbons (Fsp3) is 0.500. The lowest BCUT2D eigenvalue weighted by Crippen LogP contribution is -2.30. The number of pyridine rings is 1. The van der Waals surface area contributed by atoms with Gasteiger partial charge in [-0.1, -0.05) is 0 Å². The molecule has 0 aliphatic heterocycles. The van der Waals surface area contributed by atoms with Crippen LogP contribution < -0.4 is 5.56 Å². The van der Waals surface area contributed by atoms with Gasteiger partial charge in [-0.3, -0.25) is 14.4 Å². The van der Waals surface area contributed by atoms with Crippen LogP contribution in [-0.4, -0.2) is 16.1 Å². The maximum atomic E-state index is 11.9. The molecular formula is C14H15NO3. The molecule has 0 saturated heterocycles. The summed E-state index contributed by atoms with van der Waals surface area (Å²) in [6.45, 7) is 0.139. The Kier molecular flexibility index (Phi) is 2.65. The molecule has 2 aliphatic rings. The Bertz CT molecular complexity index is 581. The van der Waals surface area contributed by atoms with Crippen LogP contribution in [-0.2, 0) is 17.8 Å². The Balaban J connectivity index is 2.01. The quantitative estimate of drug-likeness (QED) is 0.807. The first kappa shape index (κ1) is 11.4. The molecule has 4 nitrogen and oxygen atoms in total. The highest BCUT2D eigenvalue weighted by Gasteiger charge is 2.30. The summed E-state index contributed by atoms with van der Waals surface area (Å²) < 4.78 is 1.51. The largest absolute Gasteiger partial charge is 0.304 e. The molecule has 3 rings (SSSR count). The zero-order valence-electron chi connectivity index (χ0n) is 10.1. The van der Waals surface area contributed by atoms with Gasteiger partial charge in [-0.25, -0.2) is 0 Å². The highest BCUT2D eigenvalue weighted by Crippen LogP contribution is 2.30. The number of fused-ring (bicyclic) bond motifs is 1. The van der Waals surface area contributed by atoms with Gasteiger partial charge in [-0.15, -0.1) is 0 Å². The molecule has 0 aromatic carbocycles. The van der Waals surface area contributed by atoms with Crippen LogP contribution in [0.4, 0.5) is 0 Å². The topological polar surface area (TPSA) is 56.1 Å². The third-order valence-electron chi connectivity index (χ3n) is 3.76. The SMILES string of the molecule is O=C1CCCc2c1ccc(=O)n2CC(=O)C1CC1. The summed E-state index contributed by atoms with van der Waals surface area (Å²) in [5.41, 5.74) is 1.22. The zero-order valence-corrected chi connectivity index (χ0v) is 10.1. The summed E-state index contributed by atoms with van der Waals surface area (Å²) in [5.74, 6) is 0.361. The molecule has 0 atom stereocenters. The van der Waals surface area contributed by atoms with E-state index in [0.29, 0.717) is 12.0 Å². The van der Waals surface area contributed by atoms with Crippen molar-refractivity contribution in [1.82, 2.24) is 4.57 Å². The Morgan fingerprint density at radius 2 is 2.00 bits per heavy atom. The number of nitrogens with zero attached hydrogens (tertiary/aromatic N) is 1. The summed E-state index contributed by atoms with van der Waals surface area (Å²) in [6.07, 6.45) is 3.92. The zero-order chi connectivity index (χ0) is 12.7. The first-order chi connectivity index (χ1) is 8.66. The molecule has 4 heteroatoms. The van der Waals surface area contributed by atoms with E-state index in [0.717, 1.165) is 31.4 Å². The van der Waals surface area contributed by atoms with Crippen molar-refractivity contribution >= 4 is 11.6 Å². The van der Waals surface area contributed by atoms with Crippen LogP contribution in [0.25, 0.3) is 0 Å². The maximum Gasteiger partial charge on any atom is 0.251 e. The molecule has 0 spiro atoms. The first-order valence-electron chi connectivity index (χ1n) is 6.45. The van der Waals surface area contributed by atoms with Crippen LogP contribution in [0.15, 0.2) is 16.9 Å². The minimum absolute atomic E-state index is 0.0869. The monoisotopic (exact) mass is 245 g/mol. The van der Waals surface area contributed by atoms with Gasteiger partial charge in [-0.05, 0) is 31.7 Å². The average molecular weight is 245 g/mol. The van der Waals surface area contributed by atoms with E-state index in [2.05, 4.69) is 0 Å². The molecule has 1 aromatic heterocycles. The molecule has 1 aromatic rings. The summed E-state index contributed by atoms with van der Waals surface area (Å²) in [5, 5.41) is 0. The van der Waals surface area contributed by atoms with Crippen molar-refractivity contribution in [3.63, 3.8) is 0 Å². The molecule has 0 N–H and O–H groups in total. The molecular weight excluding hydrogens is 230 g/mol. The molecule has 0 unspecified atom stereocenters. The van der Waals surface area contributed by atoms with E-state index in [4.69, 9.17) is 0 Å². The molecule has 94 valence electrons. The van der Waals surface area contributed by atoms with Crippen molar-refractivity contribution in [2.75, 3.05) is 0 Å². The normalized spacial score (nSPS) is 18.6. The van der Waals surface area contributed by atoms with E-state index in [1.165, 1.54) is 10.6 Å². The summed E-state index contributed by atoms with van der Waals surface area (Å²) >= 11 is 0. The van der Waals surface area contributed by atoms with Crippen LogP contribution in [0.1, 0.15) is 41.7 Å². The predicted octanol–water partition coefficient (Wildman–Crippen LogP) is 1.35. The molecule has 0 bridgehead atoms. The fourth-order valence-corrected chi connectivity index (χ4v) is 2.56. The van der Waals surface area contributed by atoms with Crippen molar-refractivity contribution in [2.24, 2.45) is 5.92 Å². The van der Waals surface area contributed by atoms with Gasteiger partial charge in [0.25, 0.3) is 5.56 Å². The Labute approximate surface area is 105 Å². The third-order valence-corrected chi connectivity index (χ3v) is 3.76. The highest BCUT2D eigenvalue weighted by molar-refractivity contribution is 5.98. The van der Waals surface area contributed by atoms with Crippen molar-refractivity contribution in [2.45, 2.75) is 38.6 Å². The molecule has 0 radical (unpaired) electrons. The first-order valence-corrected chi connectivity index (χ1v) is 6.45. The molecule has 1 heterocycles. The molecule has 1 saturated carbocycles. The summed E-state index contributed by atoms with van der Waals surface area (Å²) in [6, 6.07) is 3.01. The maximum absolute atomic E-state index is 11.9. The van der Waals surface area contributed by atoms with Crippen molar-refractivity contribution in [3.05, 3.63) is 33.7 Å². The number of Topliss-reactive ketones (excluding diaryl/α,β-unsaturated/α-hetero) is 2. The molecule has 2 aliphatic carbocycles. The van der Waals surface area contributed by atoms with Crippen molar-refractivity contribution in [1.29, 1.82) is 0 Å². The number of aromatic nitrogens is 1. The number of carbonyl (C=O) groups is 2. The van der Waals surface area contributed by atoms with Crippen LogP contribution in [0.3, 0.4) is 0 Å². The lowest BCUT2D eigenvalue weighted by molar-refractivity contribution is -0.120. The lowest BCUT2D eigenvalue weighted by atomic mass is 9.94. The summed E-state index contributed by atoms with van der Waals surface area (Å²) in [4.78, 5) is 35.5. The van der Waals surface area contributed by atoms with E-state index < -0.39 is 0 Å². The van der Waals surface area contributed by atoms with Crippen molar-refractivity contribution in [3.8, 4) is 0 Å². The van der Waals surface area contributed by atoms with Crippen LogP contribution >= 0.6 is 0 Å². The smallest absolute Gasteiger partial charge is 0.251 e. The molecule has 18 heavy (non-hydrogen) atoms. The second-order valence-corrected chi connectivity index (χ2v) is 5.14. The van der Waals surface area contributed by atoms with Gasteiger partial charge < -0.3 is 4.57 Å². The minimum Gasteiger partial charge on any atom is -0.304 e. The fourth-order valence-electron chi connectivity index (χ4n) is 2.56. The third kappa shape index (κ3) is 1.92. The van der Waals surface area contributed by atoms with E-state index >= 15 is 0 Å². The van der Waals surface area contributed by atoms with E-state index in [1.54, 1.807) is 6.07 Å². The van der Waals surface area contributed by atoms with Gasteiger partial charge in [0.1, 0.15) is 0 Å². The highest BCUT2D eigenvalue weighted by atomic mass is 16.1. The Morgan fingerprint density at radius 3 is 2.72 bits per heavy atom. The van der Waals surface area contributed by atoms with Gasteiger partial charge in [0.05, 0.1) is 6.54 Å². The second-order valence-electron chi connectivity index (χ2n) is 5.14. The van der Waals surface area contributed by atoms with Gasteiger partial charge >= 0.3 is 0 Å². The minimum atomic E-state index is -0.169. The number of ketones is 2. The number of hydrogen-bond acceptors (Lipinski definition) is 3. The van der Waals surface area contributed by atoms with E-state index in [9.17, 15) is 14.4 Å². The van der Waals surface area contributed by atoms with Crippen LogP contribution in [0, 0.1) is 5.92 Å². The Morgan fingerprint density at radius 1 is 1.22 bits per heavy atom. The summed E-state index contributed by atoms with van der Waals surface area (Å²) in [7, 11) is 0. The van der Waals surface area contributed by atoms with Crippen molar-refractivity contribution < 1.29 is 9.59 Å². The Hall–Kier alpha value is -1.71. The van der Waals surface area contributed by atoms with Crippen LogP contribution in [0.5, 0.6) is 0 Å².